The van der Waals surface area contributed by atoms with E-state index in [4.69, 9.17) is 0 Å². The minimum atomic E-state index is -0.131. The fourth-order valence-corrected chi connectivity index (χ4v) is 4.29. The summed E-state index contributed by atoms with van der Waals surface area (Å²) in [7, 11) is 0. The van der Waals surface area contributed by atoms with Crippen LogP contribution in [0.15, 0.2) is 35.5 Å². The standard InChI is InChI=1S/C22H33FN6S.HI/c1-3-18-16-26-21(30-18)17-27-22(24-4-2)25-10-7-11-28-12-14-29(15-13-28)20-9-6-5-8-19(20)23;/h5-6,8-9,16H,3-4,7,10-15,17H2,1-2H3,(H2,24,25,27);1H. The number of aliphatic imine (C=N–C) groups is 1. The number of para-hydroxylation sites is 1. The average Bonchev–Trinajstić information content (AvgIpc) is 3.24. The molecule has 0 atom stereocenters. The van der Waals surface area contributed by atoms with Gasteiger partial charge in [-0.1, -0.05) is 19.1 Å². The molecular formula is C22H34FIN6S. The highest BCUT2D eigenvalue weighted by Gasteiger charge is 2.18. The summed E-state index contributed by atoms with van der Waals surface area (Å²) in [5, 5.41) is 7.78. The maximum atomic E-state index is 14.0. The molecule has 0 unspecified atom stereocenters. The van der Waals surface area contributed by atoms with E-state index >= 15 is 0 Å². The Labute approximate surface area is 206 Å². The molecule has 0 saturated carbocycles. The molecule has 9 heteroatoms. The van der Waals surface area contributed by atoms with Crippen LogP contribution in [0.4, 0.5) is 10.1 Å². The summed E-state index contributed by atoms with van der Waals surface area (Å²) >= 11 is 1.73. The normalized spacial score (nSPS) is 14.9. The van der Waals surface area contributed by atoms with Crippen molar-refractivity contribution in [2.45, 2.75) is 33.2 Å². The van der Waals surface area contributed by atoms with Crippen LogP contribution < -0.4 is 15.5 Å². The Morgan fingerprint density at radius 3 is 2.61 bits per heavy atom. The van der Waals surface area contributed by atoms with Crippen molar-refractivity contribution in [3.8, 4) is 0 Å². The van der Waals surface area contributed by atoms with Gasteiger partial charge in [-0.25, -0.2) is 14.4 Å². The molecule has 1 saturated heterocycles. The molecule has 1 fully saturated rings. The van der Waals surface area contributed by atoms with Gasteiger partial charge in [0.1, 0.15) is 10.8 Å². The lowest BCUT2D eigenvalue weighted by molar-refractivity contribution is 0.254. The van der Waals surface area contributed by atoms with E-state index in [1.807, 2.05) is 18.3 Å². The van der Waals surface area contributed by atoms with Gasteiger partial charge in [0.15, 0.2) is 5.96 Å². The maximum Gasteiger partial charge on any atom is 0.191 e. The lowest BCUT2D eigenvalue weighted by Gasteiger charge is -2.36. The third kappa shape index (κ3) is 8.19. The minimum Gasteiger partial charge on any atom is -0.367 e. The van der Waals surface area contributed by atoms with Crippen molar-refractivity contribution in [1.82, 2.24) is 20.5 Å². The van der Waals surface area contributed by atoms with E-state index in [0.29, 0.717) is 6.54 Å². The number of guanidine groups is 1. The Morgan fingerprint density at radius 1 is 1.16 bits per heavy atom. The Morgan fingerprint density at radius 2 is 1.94 bits per heavy atom. The minimum absolute atomic E-state index is 0. The van der Waals surface area contributed by atoms with E-state index in [9.17, 15) is 4.39 Å². The summed E-state index contributed by atoms with van der Waals surface area (Å²) < 4.78 is 14.0. The third-order valence-corrected chi connectivity index (χ3v) is 6.30. The van der Waals surface area contributed by atoms with Crippen LogP contribution in [0, 0.1) is 5.82 Å². The number of rotatable bonds is 9. The molecule has 0 radical (unpaired) electrons. The predicted molar refractivity (Wildman–Crippen MR) is 139 cm³/mol. The van der Waals surface area contributed by atoms with Crippen molar-refractivity contribution in [2.24, 2.45) is 4.99 Å². The molecule has 1 aromatic heterocycles. The van der Waals surface area contributed by atoms with E-state index in [1.54, 1.807) is 17.4 Å². The van der Waals surface area contributed by atoms with Crippen molar-refractivity contribution in [3.05, 3.63) is 46.2 Å². The van der Waals surface area contributed by atoms with Crippen molar-refractivity contribution in [2.75, 3.05) is 50.7 Å². The highest BCUT2D eigenvalue weighted by atomic mass is 127. The molecule has 6 nitrogen and oxygen atoms in total. The molecule has 3 rings (SSSR count). The number of benzene rings is 1. The fourth-order valence-electron chi connectivity index (χ4n) is 3.50. The van der Waals surface area contributed by atoms with Crippen LogP contribution in [0.3, 0.4) is 0 Å². The molecule has 2 heterocycles. The van der Waals surface area contributed by atoms with Crippen LogP contribution in [0.2, 0.25) is 0 Å². The molecule has 0 amide bonds. The smallest absolute Gasteiger partial charge is 0.191 e. The molecule has 2 N–H and O–H groups in total. The van der Waals surface area contributed by atoms with Gasteiger partial charge in [-0.2, -0.15) is 0 Å². The number of nitrogens with one attached hydrogen (secondary N) is 2. The second-order valence-corrected chi connectivity index (χ2v) is 8.53. The number of nitrogens with zero attached hydrogens (tertiary/aromatic N) is 4. The highest BCUT2D eigenvalue weighted by molar-refractivity contribution is 14.0. The van der Waals surface area contributed by atoms with Gasteiger partial charge in [-0.3, -0.25) is 4.90 Å². The number of hydrogen-bond acceptors (Lipinski definition) is 5. The van der Waals surface area contributed by atoms with Gasteiger partial charge in [0.05, 0.1) is 12.2 Å². The van der Waals surface area contributed by atoms with Gasteiger partial charge >= 0.3 is 0 Å². The van der Waals surface area contributed by atoms with Crippen LogP contribution in [0.1, 0.15) is 30.2 Å². The topological polar surface area (TPSA) is 55.8 Å². The van der Waals surface area contributed by atoms with Crippen LogP contribution in [-0.2, 0) is 13.0 Å². The quantitative estimate of drug-likeness (QED) is 0.212. The Kier molecular flexibility index (Phi) is 11.5. The first kappa shape index (κ1) is 25.8. The highest BCUT2D eigenvalue weighted by Crippen LogP contribution is 2.20. The Balaban J connectivity index is 0.00000341. The van der Waals surface area contributed by atoms with E-state index in [0.717, 1.165) is 75.3 Å². The Hall–Kier alpha value is -1.46. The summed E-state index contributed by atoms with van der Waals surface area (Å²) in [6.07, 6.45) is 4.01. The second kappa shape index (κ2) is 13.8. The third-order valence-electron chi connectivity index (χ3n) is 5.18. The molecule has 0 aliphatic carbocycles. The number of aromatic nitrogens is 1. The summed E-state index contributed by atoms with van der Waals surface area (Å²) in [6, 6.07) is 7.04. The van der Waals surface area contributed by atoms with E-state index in [1.165, 1.54) is 10.9 Å². The van der Waals surface area contributed by atoms with E-state index in [-0.39, 0.29) is 29.8 Å². The molecular weight excluding hydrogens is 526 g/mol. The van der Waals surface area contributed by atoms with Crippen molar-refractivity contribution in [3.63, 3.8) is 0 Å². The molecule has 31 heavy (non-hydrogen) atoms. The Bertz CT molecular complexity index is 807. The summed E-state index contributed by atoms with van der Waals surface area (Å²) in [5.74, 6) is 0.712. The lowest BCUT2D eigenvalue weighted by atomic mass is 10.2. The number of aryl methyl sites for hydroxylation is 1. The van der Waals surface area contributed by atoms with Gasteiger partial charge in [0.25, 0.3) is 0 Å². The molecule has 1 aliphatic heterocycles. The fraction of sp³-hybridized carbons (Fsp3) is 0.545. The van der Waals surface area contributed by atoms with Gasteiger partial charge in [0.2, 0.25) is 0 Å². The van der Waals surface area contributed by atoms with Crippen LogP contribution >= 0.6 is 35.3 Å². The summed E-state index contributed by atoms with van der Waals surface area (Å²) in [6.45, 7) is 11.2. The number of hydrogen-bond donors (Lipinski definition) is 2. The first-order valence-corrected chi connectivity index (χ1v) is 11.7. The lowest BCUT2D eigenvalue weighted by Crippen LogP contribution is -2.47. The zero-order valence-corrected chi connectivity index (χ0v) is 21.6. The monoisotopic (exact) mass is 560 g/mol. The largest absolute Gasteiger partial charge is 0.367 e. The SMILES string of the molecule is CCNC(=NCc1ncc(CC)s1)NCCCN1CCN(c2ccccc2F)CC1.I. The van der Waals surface area contributed by atoms with Gasteiger partial charge in [-0.05, 0) is 38.4 Å². The number of halogens is 2. The maximum absolute atomic E-state index is 14.0. The number of anilines is 1. The molecule has 0 bridgehead atoms. The van der Waals surface area contributed by atoms with E-state index < -0.39 is 0 Å². The van der Waals surface area contributed by atoms with Crippen LogP contribution in [0.5, 0.6) is 0 Å². The van der Waals surface area contributed by atoms with Crippen molar-refractivity contribution < 1.29 is 4.39 Å². The first-order valence-electron chi connectivity index (χ1n) is 10.9. The second-order valence-electron chi connectivity index (χ2n) is 7.33. The number of piperazine rings is 1. The number of thiazole rings is 1. The first-order chi connectivity index (χ1) is 14.7. The summed E-state index contributed by atoms with van der Waals surface area (Å²) in [5.41, 5.74) is 0.719. The van der Waals surface area contributed by atoms with Crippen molar-refractivity contribution in [1.29, 1.82) is 0 Å². The van der Waals surface area contributed by atoms with E-state index in [2.05, 4.69) is 44.3 Å². The van der Waals surface area contributed by atoms with Crippen molar-refractivity contribution >= 4 is 47.0 Å². The van der Waals surface area contributed by atoms with Crippen LogP contribution in [-0.4, -0.2) is 61.7 Å². The molecule has 2 aromatic rings. The molecule has 172 valence electrons. The van der Waals surface area contributed by atoms with Gasteiger partial charge < -0.3 is 15.5 Å². The average molecular weight is 561 g/mol. The molecule has 1 aliphatic rings. The molecule has 0 spiro atoms. The van der Waals surface area contributed by atoms with Gasteiger partial charge in [0, 0.05) is 50.3 Å². The van der Waals surface area contributed by atoms with Gasteiger partial charge in [-0.15, -0.1) is 35.3 Å². The van der Waals surface area contributed by atoms with Crippen LogP contribution in [0.25, 0.3) is 0 Å². The summed E-state index contributed by atoms with van der Waals surface area (Å²) in [4.78, 5) is 15.0. The predicted octanol–water partition coefficient (Wildman–Crippen LogP) is 3.73. The zero-order chi connectivity index (χ0) is 21.2. The zero-order valence-electron chi connectivity index (χ0n) is 18.4. The molecule has 1 aromatic carbocycles.